The van der Waals surface area contributed by atoms with E-state index in [2.05, 4.69) is 38.1 Å². The van der Waals surface area contributed by atoms with Crippen molar-refractivity contribution in [1.29, 1.82) is 0 Å². The summed E-state index contributed by atoms with van der Waals surface area (Å²) in [4.78, 5) is 25.8. The molecule has 0 spiro atoms. The van der Waals surface area contributed by atoms with Gasteiger partial charge in [-0.2, -0.15) is 0 Å². The Hall–Kier alpha value is -3.67. The van der Waals surface area contributed by atoms with Crippen LogP contribution in [0, 0.1) is 5.82 Å². The van der Waals surface area contributed by atoms with Gasteiger partial charge in [-0.25, -0.2) is 4.39 Å². The maximum absolute atomic E-state index is 13.6. The van der Waals surface area contributed by atoms with Gasteiger partial charge in [0.05, 0.1) is 0 Å². The maximum Gasteiger partial charge on any atom is 0.323 e. The van der Waals surface area contributed by atoms with Crippen molar-refractivity contribution in [1.82, 2.24) is 4.90 Å². The number of ether oxygens (including phenoxy) is 1. The van der Waals surface area contributed by atoms with Gasteiger partial charge >= 0.3 is 5.97 Å². The number of rotatable bonds is 8. The van der Waals surface area contributed by atoms with Crippen LogP contribution >= 0.6 is 0 Å². The number of nitrogens with zero attached hydrogens (tertiary/aromatic N) is 1. The smallest absolute Gasteiger partial charge is 0.323 e. The normalized spacial score (nSPS) is 16.6. The summed E-state index contributed by atoms with van der Waals surface area (Å²) in [7, 11) is 0. The van der Waals surface area contributed by atoms with E-state index in [0.29, 0.717) is 17.5 Å². The zero-order valence-corrected chi connectivity index (χ0v) is 19.4. The predicted molar refractivity (Wildman–Crippen MR) is 127 cm³/mol. The SMILES string of the molecule is CCc1ccc(C[C@]2(C)Cc3cc(C(=O)N(CC(=O)O)Cc4cccc(F)c4)ccc3O2)cc1. The molecule has 0 radical (unpaired) electrons. The predicted octanol–water partition coefficient (Wildman–Crippen LogP) is 5.05. The number of hydrogen-bond acceptors (Lipinski definition) is 3. The molecule has 6 heteroatoms. The summed E-state index contributed by atoms with van der Waals surface area (Å²) in [5.74, 6) is -1.24. The van der Waals surface area contributed by atoms with Crippen LogP contribution in [0.2, 0.25) is 0 Å². The van der Waals surface area contributed by atoms with E-state index in [1.807, 2.05) is 0 Å². The van der Waals surface area contributed by atoms with Gasteiger partial charge in [-0.15, -0.1) is 0 Å². The molecule has 0 aromatic heterocycles. The molecule has 1 amide bonds. The summed E-state index contributed by atoms with van der Waals surface area (Å²) in [5, 5.41) is 9.32. The molecular weight excluding hydrogens is 433 g/mol. The maximum atomic E-state index is 13.6. The van der Waals surface area contributed by atoms with Crippen LogP contribution in [-0.4, -0.2) is 34.0 Å². The quantitative estimate of drug-likeness (QED) is 0.510. The second-order valence-electron chi connectivity index (χ2n) is 9.08. The van der Waals surface area contributed by atoms with Crippen LogP contribution in [0.1, 0.15) is 46.5 Å². The van der Waals surface area contributed by atoms with Gasteiger partial charge in [0.2, 0.25) is 0 Å². The molecule has 0 bridgehead atoms. The van der Waals surface area contributed by atoms with E-state index < -0.39 is 29.8 Å². The minimum absolute atomic E-state index is 0.00193. The third-order valence-electron chi connectivity index (χ3n) is 6.11. The molecule has 1 N–H and O–H groups in total. The van der Waals surface area contributed by atoms with E-state index in [-0.39, 0.29) is 6.54 Å². The van der Waals surface area contributed by atoms with Gasteiger partial charge in [-0.05, 0) is 65.9 Å². The number of carbonyl (C=O) groups excluding carboxylic acids is 1. The monoisotopic (exact) mass is 461 g/mol. The summed E-state index contributed by atoms with van der Waals surface area (Å²) in [6.07, 6.45) is 2.37. The Morgan fingerprint density at radius 1 is 1.03 bits per heavy atom. The number of hydrogen-bond donors (Lipinski definition) is 1. The Kier molecular flexibility index (Phi) is 6.68. The van der Waals surface area contributed by atoms with Crippen LogP contribution in [0.5, 0.6) is 5.75 Å². The van der Waals surface area contributed by atoms with Crippen molar-refractivity contribution in [3.63, 3.8) is 0 Å². The molecule has 4 rings (SSSR count). The third-order valence-corrected chi connectivity index (χ3v) is 6.11. The fourth-order valence-corrected chi connectivity index (χ4v) is 4.48. The van der Waals surface area contributed by atoms with Crippen molar-refractivity contribution in [3.8, 4) is 5.75 Å². The second kappa shape index (κ2) is 9.67. The van der Waals surface area contributed by atoms with E-state index in [1.54, 1.807) is 24.3 Å². The second-order valence-corrected chi connectivity index (χ2v) is 9.08. The summed E-state index contributed by atoms with van der Waals surface area (Å²) < 4.78 is 19.9. The fourth-order valence-electron chi connectivity index (χ4n) is 4.48. The number of carboxylic acids is 1. The molecule has 0 saturated heterocycles. The molecule has 0 unspecified atom stereocenters. The van der Waals surface area contributed by atoms with Gasteiger partial charge in [0.25, 0.3) is 5.91 Å². The van der Waals surface area contributed by atoms with Crippen LogP contribution in [0.25, 0.3) is 0 Å². The highest BCUT2D eigenvalue weighted by atomic mass is 19.1. The highest BCUT2D eigenvalue weighted by Crippen LogP contribution is 2.37. The van der Waals surface area contributed by atoms with Crippen LogP contribution in [0.3, 0.4) is 0 Å². The van der Waals surface area contributed by atoms with Crippen LogP contribution in [-0.2, 0) is 30.6 Å². The van der Waals surface area contributed by atoms with Crippen molar-refractivity contribution in [2.75, 3.05) is 6.54 Å². The number of carboxylic acid groups (broad SMARTS) is 1. The lowest BCUT2D eigenvalue weighted by Gasteiger charge is -2.24. The van der Waals surface area contributed by atoms with Crippen molar-refractivity contribution in [3.05, 3.63) is 100 Å². The zero-order chi connectivity index (χ0) is 24.3. The minimum Gasteiger partial charge on any atom is -0.487 e. The fraction of sp³-hybridized carbons (Fsp3) is 0.286. The van der Waals surface area contributed by atoms with Gasteiger partial charge in [0.1, 0.15) is 23.7 Å². The van der Waals surface area contributed by atoms with E-state index in [4.69, 9.17) is 4.74 Å². The number of carbonyl (C=O) groups is 2. The standard InChI is InChI=1S/C28H28FNO4/c1-3-19-7-9-20(10-8-19)15-28(2)16-23-14-22(11-12-25(23)34-28)27(33)30(18-26(31)32)17-21-5-4-6-24(29)13-21/h4-14H,3,15-18H2,1-2H3,(H,31,32)/t28-/m1/s1. The summed E-state index contributed by atoms with van der Waals surface area (Å²) >= 11 is 0. The Morgan fingerprint density at radius 2 is 1.76 bits per heavy atom. The van der Waals surface area contributed by atoms with Crippen molar-refractivity contribution in [2.24, 2.45) is 0 Å². The first kappa shape index (κ1) is 23.5. The van der Waals surface area contributed by atoms with Crippen molar-refractivity contribution in [2.45, 2.75) is 45.3 Å². The molecule has 0 fully saturated rings. The van der Waals surface area contributed by atoms with Gasteiger partial charge in [0, 0.05) is 24.9 Å². The Labute approximate surface area is 198 Å². The number of fused-ring (bicyclic) bond motifs is 1. The molecule has 1 heterocycles. The van der Waals surface area contributed by atoms with Crippen molar-refractivity contribution < 1.29 is 23.8 Å². The van der Waals surface area contributed by atoms with E-state index in [0.717, 1.165) is 24.2 Å². The highest BCUT2D eigenvalue weighted by Gasteiger charge is 2.35. The van der Waals surface area contributed by atoms with Gasteiger partial charge in [0.15, 0.2) is 0 Å². The lowest BCUT2D eigenvalue weighted by Crippen LogP contribution is -2.35. The summed E-state index contributed by atoms with van der Waals surface area (Å²) in [5.41, 5.74) is 3.88. The molecular formula is C28H28FNO4. The first-order valence-electron chi connectivity index (χ1n) is 11.4. The molecule has 5 nitrogen and oxygen atoms in total. The van der Waals surface area contributed by atoms with Gasteiger partial charge in [-0.1, -0.05) is 43.3 Å². The molecule has 176 valence electrons. The van der Waals surface area contributed by atoms with Gasteiger partial charge < -0.3 is 14.7 Å². The van der Waals surface area contributed by atoms with E-state index >= 15 is 0 Å². The van der Waals surface area contributed by atoms with Crippen molar-refractivity contribution >= 4 is 11.9 Å². The molecule has 34 heavy (non-hydrogen) atoms. The molecule has 1 aliphatic heterocycles. The molecule has 0 aliphatic carbocycles. The Morgan fingerprint density at radius 3 is 2.44 bits per heavy atom. The van der Waals surface area contributed by atoms with Crippen LogP contribution in [0.15, 0.2) is 66.7 Å². The summed E-state index contributed by atoms with van der Waals surface area (Å²) in [6.45, 7) is 3.71. The number of benzene rings is 3. The highest BCUT2D eigenvalue weighted by molar-refractivity contribution is 5.96. The molecule has 3 aromatic rings. The molecule has 1 atom stereocenters. The van der Waals surface area contributed by atoms with Gasteiger partial charge in [-0.3, -0.25) is 9.59 Å². The topological polar surface area (TPSA) is 66.8 Å². The van der Waals surface area contributed by atoms with E-state index in [1.165, 1.54) is 34.2 Å². The first-order chi connectivity index (χ1) is 16.2. The molecule has 0 saturated carbocycles. The first-order valence-corrected chi connectivity index (χ1v) is 11.4. The average molecular weight is 462 g/mol. The number of amides is 1. The number of aliphatic carboxylic acids is 1. The van der Waals surface area contributed by atoms with Crippen LogP contribution < -0.4 is 4.74 Å². The largest absolute Gasteiger partial charge is 0.487 e. The zero-order valence-electron chi connectivity index (χ0n) is 19.4. The summed E-state index contributed by atoms with van der Waals surface area (Å²) in [6, 6.07) is 19.5. The Balaban J connectivity index is 1.51. The third kappa shape index (κ3) is 5.45. The van der Waals surface area contributed by atoms with Crippen LogP contribution in [0.4, 0.5) is 4.39 Å². The molecule has 3 aromatic carbocycles. The van der Waals surface area contributed by atoms with E-state index in [9.17, 15) is 19.1 Å². The lowest BCUT2D eigenvalue weighted by molar-refractivity contribution is -0.137. The number of aryl methyl sites for hydroxylation is 1. The Bertz CT molecular complexity index is 1210. The number of halogens is 1. The average Bonchev–Trinajstić information content (AvgIpc) is 3.13. The molecule has 1 aliphatic rings. The lowest BCUT2D eigenvalue weighted by atomic mass is 9.91. The minimum atomic E-state index is -1.13.